The molecular weight excluding hydrogens is 428 g/mol. The largest absolute Gasteiger partial charge is 0.508 e. The molecule has 2 unspecified atom stereocenters. The van der Waals surface area contributed by atoms with Crippen molar-refractivity contribution in [2.75, 3.05) is 13.1 Å². The van der Waals surface area contributed by atoms with Gasteiger partial charge in [0.1, 0.15) is 11.5 Å². The minimum Gasteiger partial charge on any atom is -0.508 e. The van der Waals surface area contributed by atoms with Crippen molar-refractivity contribution < 1.29 is 20.1 Å². The summed E-state index contributed by atoms with van der Waals surface area (Å²) >= 11 is 0. The van der Waals surface area contributed by atoms with Gasteiger partial charge in [-0.25, -0.2) is 0 Å². The first-order chi connectivity index (χ1) is 16.2. The van der Waals surface area contributed by atoms with E-state index < -0.39 is 6.10 Å². The van der Waals surface area contributed by atoms with Gasteiger partial charge < -0.3 is 26.0 Å². The van der Waals surface area contributed by atoms with E-state index in [1.165, 1.54) is 34.9 Å². The van der Waals surface area contributed by atoms with Gasteiger partial charge in [-0.3, -0.25) is 4.79 Å². The van der Waals surface area contributed by atoms with Gasteiger partial charge >= 0.3 is 0 Å². The van der Waals surface area contributed by atoms with E-state index in [1.54, 1.807) is 0 Å². The standard InChI is InChI=1S/C28H34N2O4/c1-18-6-4-8-22(20(18)3)10-11-29-28(34)23-9-5-7-21(13-23)12-19(2)30-17-27(33)24-14-25(31)16-26(32)15-24/h4-9,13-16,19,27,30-33H,10-12,17H2,1-3H3,(H,29,34). The molecule has 0 saturated heterocycles. The molecule has 6 nitrogen and oxygen atoms in total. The van der Waals surface area contributed by atoms with Crippen LogP contribution in [0.1, 0.15) is 51.2 Å². The van der Waals surface area contributed by atoms with Crippen molar-refractivity contribution in [2.24, 2.45) is 0 Å². The number of carbonyl (C=O) groups excluding carboxylic acids is 1. The lowest BCUT2D eigenvalue weighted by Crippen LogP contribution is -2.32. The van der Waals surface area contributed by atoms with Crippen LogP contribution in [0, 0.1) is 13.8 Å². The number of hydrogen-bond acceptors (Lipinski definition) is 5. The second-order valence-corrected chi connectivity index (χ2v) is 8.88. The number of amides is 1. The van der Waals surface area contributed by atoms with Crippen molar-refractivity contribution >= 4 is 5.91 Å². The number of nitrogens with one attached hydrogen (secondary N) is 2. The van der Waals surface area contributed by atoms with Crippen molar-refractivity contribution in [3.05, 3.63) is 94.0 Å². The molecule has 0 fully saturated rings. The summed E-state index contributed by atoms with van der Waals surface area (Å²) < 4.78 is 0. The summed E-state index contributed by atoms with van der Waals surface area (Å²) in [5, 5.41) is 35.8. The highest BCUT2D eigenvalue weighted by Gasteiger charge is 2.13. The third kappa shape index (κ3) is 7.07. The van der Waals surface area contributed by atoms with E-state index in [2.05, 4.69) is 36.6 Å². The van der Waals surface area contributed by atoms with E-state index in [-0.39, 0.29) is 30.0 Å². The summed E-state index contributed by atoms with van der Waals surface area (Å²) in [4.78, 5) is 12.7. The number of hydrogen-bond donors (Lipinski definition) is 5. The molecule has 0 aliphatic carbocycles. The molecule has 6 heteroatoms. The molecule has 0 heterocycles. The van der Waals surface area contributed by atoms with Gasteiger partial charge in [0.2, 0.25) is 0 Å². The average Bonchev–Trinajstić information content (AvgIpc) is 2.79. The van der Waals surface area contributed by atoms with E-state index in [0.717, 1.165) is 12.0 Å². The summed E-state index contributed by atoms with van der Waals surface area (Å²) in [5.41, 5.74) is 5.86. The van der Waals surface area contributed by atoms with Gasteiger partial charge in [0, 0.05) is 30.8 Å². The summed E-state index contributed by atoms with van der Waals surface area (Å²) in [6.45, 7) is 7.05. The average molecular weight is 463 g/mol. The first kappa shape index (κ1) is 25.3. The molecule has 0 radical (unpaired) electrons. The summed E-state index contributed by atoms with van der Waals surface area (Å²) in [7, 11) is 0. The van der Waals surface area contributed by atoms with Crippen LogP contribution in [0.5, 0.6) is 11.5 Å². The minimum atomic E-state index is -0.866. The number of aryl methyl sites for hydroxylation is 1. The summed E-state index contributed by atoms with van der Waals surface area (Å²) in [5.74, 6) is -0.274. The van der Waals surface area contributed by atoms with Gasteiger partial charge in [0.25, 0.3) is 5.91 Å². The van der Waals surface area contributed by atoms with Gasteiger partial charge in [-0.2, -0.15) is 0 Å². The van der Waals surface area contributed by atoms with Crippen molar-refractivity contribution in [3.8, 4) is 11.5 Å². The number of phenolic OH excluding ortho intramolecular Hbond substituents is 2. The van der Waals surface area contributed by atoms with Crippen LogP contribution in [0.25, 0.3) is 0 Å². The second-order valence-electron chi connectivity index (χ2n) is 8.88. The van der Waals surface area contributed by atoms with Crippen molar-refractivity contribution in [1.82, 2.24) is 10.6 Å². The maximum atomic E-state index is 12.7. The SMILES string of the molecule is Cc1cccc(CCNC(=O)c2cccc(CC(C)NCC(O)c3cc(O)cc(O)c3)c2)c1C. The Morgan fingerprint density at radius 3 is 2.41 bits per heavy atom. The molecule has 0 spiro atoms. The smallest absolute Gasteiger partial charge is 0.251 e. The maximum absolute atomic E-state index is 12.7. The number of phenols is 2. The third-order valence-electron chi connectivity index (χ3n) is 6.10. The van der Waals surface area contributed by atoms with Crippen molar-refractivity contribution in [3.63, 3.8) is 0 Å². The van der Waals surface area contributed by atoms with Crippen LogP contribution in [-0.4, -0.2) is 40.4 Å². The van der Waals surface area contributed by atoms with Gasteiger partial charge in [-0.1, -0.05) is 30.3 Å². The Morgan fingerprint density at radius 2 is 1.68 bits per heavy atom. The quantitative estimate of drug-likeness (QED) is 0.314. The lowest BCUT2D eigenvalue weighted by molar-refractivity contribution is 0.0954. The lowest BCUT2D eigenvalue weighted by atomic mass is 10.0. The van der Waals surface area contributed by atoms with E-state index in [1.807, 2.05) is 37.3 Å². The highest BCUT2D eigenvalue weighted by Crippen LogP contribution is 2.24. The lowest BCUT2D eigenvalue weighted by Gasteiger charge is -2.18. The Hall–Kier alpha value is -3.35. The molecule has 1 amide bonds. The van der Waals surface area contributed by atoms with Crippen LogP contribution in [0.4, 0.5) is 0 Å². The zero-order valence-corrected chi connectivity index (χ0v) is 20.0. The second kappa shape index (κ2) is 11.7. The molecule has 3 aromatic rings. The highest BCUT2D eigenvalue weighted by atomic mass is 16.3. The van der Waals surface area contributed by atoms with E-state index in [0.29, 0.717) is 24.1 Å². The minimum absolute atomic E-state index is 0.0446. The Bertz CT molecular complexity index is 1110. The zero-order chi connectivity index (χ0) is 24.7. The maximum Gasteiger partial charge on any atom is 0.251 e. The fourth-order valence-electron chi connectivity index (χ4n) is 4.00. The predicted molar refractivity (Wildman–Crippen MR) is 134 cm³/mol. The van der Waals surface area contributed by atoms with Gasteiger partial charge in [-0.05, 0) is 85.7 Å². The molecule has 0 aliphatic rings. The van der Waals surface area contributed by atoms with Gasteiger partial charge in [0.15, 0.2) is 0 Å². The molecule has 0 bridgehead atoms. The number of rotatable bonds is 10. The number of carbonyl (C=O) groups is 1. The Morgan fingerprint density at radius 1 is 0.971 bits per heavy atom. The molecule has 5 N–H and O–H groups in total. The third-order valence-corrected chi connectivity index (χ3v) is 6.10. The number of aliphatic hydroxyl groups is 1. The topological polar surface area (TPSA) is 102 Å². The summed E-state index contributed by atoms with van der Waals surface area (Å²) in [6.07, 6.45) is 0.607. The summed E-state index contributed by atoms with van der Waals surface area (Å²) in [6, 6.07) is 17.9. The predicted octanol–water partition coefficient (Wildman–Crippen LogP) is 3.94. The van der Waals surface area contributed by atoms with Crippen LogP contribution in [0.15, 0.2) is 60.7 Å². The molecule has 3 aromatic carbocycles. The van der Waals surface area contributed by atoms with Crippen LogP contribution in [0.3, 0.4) is 0 Å². The number of aromatic hydroxyl groups is 2. The van der Waals surface area contributed by atoms with E-state index in [9.17, 15) is 20.1 Å². The Labute approximate surface area is 201 Å². The highest BCUT2D eigenvalue weighted by molar-refractivity contribution is 5.94. The molecule has 0 aliphatic heterocycles. The van der Waals surface area contributed by atoms with Crippen molar-refractivity contribution in [2.45, 2.75) is 45.8 Å². The van der Waals surface area contributed by atoms with Gasteiger partial charge in [-0.15, -0.1) is 0 Å². The van der Waals surface area contributed by atoms with E-state index in [4.69, 9.17) is 0 Å². The molecule has 0 saturated carbocycles. The molecule has 3 rings (SSSR count). The van der Waals surface area contributed by atoms with Gasteiger partial charge in [0.05, 0.1) is 6.10 Å². The monoisotopic (exact) mass is 462 g/mol. The Balaban J connectivity index is 1.50. The van der Waals surface area contributed by atoms with Crippen LogP contribution < -0.4 is 10.6 Å². The zero-order valence-electron chi connectivity index (χ0n) is 20.0. The molecular formula is C28H34N2O4. The molecule has 0 aromatic heterocycles. The van der Waals surface area contributed by atoms with E-state index >= 15 is 0 Å². The normalized spacial score (nSPS) is 12.8. The first-order valence-electron chi connectivity index (χ1n) is 11.6. The Kier molecular flexibility index (Phi) is 8.68. The molecule has 2 atom stereocenters. The van der Waals surface area contributed by atoms with Crippen LogP contribution in [-0.2, 0) is 12.8 Å². The molecule has 34 heavy (non-hydrogen) atoms. The fraction of sp³-hybridized carbons (Fsp3) is 0.321. The van der Waals surface area contributed by atoms with Crippen LogP contribution in [0.2, 0.25) is 0 Å². The first-order valence-corrected chi connectivity index (χ1v) is 11.6. The molecule has 180 valence electrons. The van der Waals surface area contributed by atoms with Crippen LogP contribution >= 0.6 is 0 Å². The number of aliphatic hydroxyl groups excluding tert-OH is 1. The fourth-order valence-corrected chi connectivity index (χ4v) is 4.00. The number of benzene rings is 3. The van der Waals surface area contributed by atoms with Crippen molar-refractivity contribution in [1.29, 1.82) is 0 Å².